The molecule has 0 amide bonds. The summed E-state index contributed by atoms with van der Waals surface area (Å²) in [6.07, 6.45) is 0. The third kappa shape index (κ3) is 5.50. The van der Waals surface area contributed by atoms with Crippen molar-refractivity contribution in [1.82, 2.24) is 0 Å². The minimum absolute atomic E-state index is 0.0503. The Labute approximate surface area is 98.1 Å². The summed E-state index contributed by atoms with van der Waals surface area (Å²) in [4.78, 5) is 11.3. The van der Waals surface area contributed by atoms with E-state index in [2.05, 4.69) is 0 Å². The maximum Gasteiger partial charge on any atom is 0.334 e. The van der Waals surface area contributed by atoms with Crippen LogP contribution in [-0.4, -0.2) is 45.4 Å². The Morgan fingerprint density at radius 1 is 1.38 bits per heavy atom. The molecule has 6 heteroatoms. The van der Waals surface area contributed by atoms with E-state index in [4.69, 9.17) is 9.84 Å². The first-order chi connectivity index (χ1) is 7.40. The fourth-order valence-corrected chi connectivity index (χ4v) is 2.66. The van der Waals surface area contributed by atoms with Crippen LogP contribution in [0.2, 0.25) is 0 Å². The molecule has 2 unspecified atom stereocenters. The lowest BCUT2D eigenvalue weighted by Gasteiger charge is -2.24. The van der Waals surface area contributed by atoms with Crippen LogP contribution in [0, 0.1) is 0 Å². The molecule has 0 radical (unpaired) electrons. The van der Waals surface area contributed by atoms with Gasteiger partial charge >= 0.3 is 5.97 Å². The molecule has 0 bridgehead atoms. The van der Waals surface area contributed by atoms with Gasteiger partial charge in [0.1, 0.15) is 6.61 Å². The molecule has 0 aliphatic heterocycles. The lowest BCUT2D eigenvalue weighted by molar-refractivity contribution is -0.139. The Balaban J connectivity index is 4.53. The normalized spacial score (nSPS) is 18.9. The topological polar surface area (TPSA) is 87.0 Å². The molecule has 0 aromatic carbocycles. The Morgan fingerprint density at radius 3 is 2.25 bits per heavy atom. The smallest absolute Gasteiger partial charge is 0.334 e. The van der Waals surface area contributed by atoms with E-state index < -0.39 is 27.7 Å². The van der Waals surface area contributed by atoms with Crippen molar-refractivity contribution in [1.29, 1.82) is 0 Å². The minimum atomic E-state index is -1.18. The average Bonchev–Trinajstić information content (AvgIpc) is 2.20. The summed E-state index contributed by atoms with van der Waals surface area (Å²) in [5.74, 6) is -0.539. The number of aliphatic hydroxyl groups excluding tert-OH is 3. The summed E-state index contributed by atoms with van der Waals surface area (Å²) in [5.41, 5.74) is -1.03. The van der Waals surface area contributed by atoms with Crippen molar-refractivity contribution >= 4 is 16.9 Å². The average molecular weight is 252 g/mol. The van der Waals surface area contributed by atoms with Crippen LogP contribution in [0.3, 0.4) is 0 Å². The Kier molecular flexibility index (Phi) is 7.40. The lowest BCUT2D eigenvalue weighted by atomic mass is 10.4. The second-order valence-electron chi connectivity index (χ2n) is 3.38. The molecule has 0 fully saturated rings. The molecule has 96 valence electrons. The van der Waals surface area contributed by atoms with E-state index in [1.165, 1.54) is 0 Å². The van der Waals surface area contributed by atoms with Crippen LogP contribution in [0.5, 0.6) is 0 Å². The Bertz CT molecular complexity index is 242. The van der Waals surface area contributed by atoms with Crippen LogP contribution in [0.1, 0.15) is 20.8 Å². The van der Waals surface area contributed by atoms with Crippen LogP contribution in [0.4, 0.5) is 0 Å². The Morgan fingerprint density at radius 2 is 1.88 bits per heavy atom. The number of rotatable bonds is 6. The first-order valence-electron chi connectivity index (χ1n) is 5.00. The zero-order chi connectivity index (χ0) is 12.7. The molecule has 0 aliphatic rings. The van der Waals surface area contributed by atoms with Gasteiger partial charge in [0.15, 0.2) is 0 Å². The summed E-state index contributed by atoms with van der Waals surface area (Å²) in [6, 6.07) is 0. The zero-order valence-electron chi connectivity index (χ0n) is 9.75. The van der Waals surface area contributed by atoms with Crippen LogP contribution < -0.4 is 0 Å². The van der Waals surface area contributed by atoms with Gasteiger partial charge in [-0.3, -0.25) is 0 Å². The number of carbonyl (C=O) groups excluding carboxylic acids is 1. The van der Waals surface area contributed by atoms with Crippen LogP contribution in [0.25, 0.3) is 0 Å². The van der Waals surface area contributed by atoms with Gasteiger partial charge in [-0.15, -0.1) is 0 Å². The Hall–Kier alpha value is -0.560. The van der Waals surface area contributed by atoms with E-state index in [1.807, 2.05) is 0 Å². The van der Waals surface area contributed by atoms with Gasteiger partial charge in [0.2, 0.25) is 0 Å². The summed E-state index contributed by atoms with van der Waals surface area (Å²) < 4.78 is 4.70. The molecule has 2 atom stereocenters. The molecule has 0 aliphatic carbocycles. The number of esters is 1. The SMILES string of the molecule is CC(=C[SH](C(C)O)C(C)O)C(=O)OCCO. The molecular weight excluding hydrogens is 232 g/mol. The lowest BCUT2D eigenvalue weighted by Crippen LogP contribution is -2.14. The van der Waals surface area contributed by atoms with Gasteiger partial charge in [0.05, 0.1) is 17.5 Å². The monoisotopic (exact) mass is 252 g/mol. The first-order valence-corrected chi connectivity index (χ1v) is 6.55. The number of thiol groups is 1. The predicted molar refractivity (Wildman–Crippen MR) is 64.1 cm³/mol. The van der Waals surface area contributed by atoms with E-state index in [0.717, 1.165) is 0 Å². The van der Waals surface area contributed by atoms with E-state index in [1.54, 1.807) is 26.2 Å². The number of hydrogen-bond acceptors (Lipinski definition) is 5. The van der Waals surface area contributed by atoms with Gasteiger partial charge in [0, 0.05) is 5.57 Å². The quantitative estimate of drug-likeness (QED) is 0.306. The van der Waals surface area contributed by atoms with Crippen LogP contribution >= 0.6 is 10.9 Å². The van der Waals surface area contributed by atoms with Gasteiger partial charge in [-0.05, 0) is 26.2 Å². The molecule has 3 N–H and O–H groups in total. The fourth-order valence-electron chi connectivity index (χ4n) is 1.06. The predicted octanol–water partition coefficient (Wildman–Crippen LogP) is 0.104. The van der Waals surface area contributed by atoms with Crippen molar-refractivity contribution in [3.05, 3.63) is 11.0 Å². The van der Waals surface area contributed by atoms with Crippen molar-refractivity contribution < 1.29 is 24.9 Å². The number of hydrogen-bond donors (Lipinski definition) is 4. The highest BCUT2D eigenvalue weighted by molar-refractivity contribution is 8.20. The van der Waals surface area contributed by atoms with Crippen LogP contribution in [-0.2, 0) is 9.53 Å². The maximum atomic E-state index is 11.3. The van der Waals surface area contributed by atoms with Gasteiger partial charge in [-0.25, -0.2) is 4.79 Å². The highest BCUT2D eigenvalue weighted by Crippen LogP contribution is 2.36. The standard InChI is InChI=1S/C10H20O5S/c1-7(10(14)15-5-4-11)6-16(8(2)12)9(3)13/h6,8-9,11-13,16H,4-5H2,1-3H3. The van der Waals surface area contributed by atoms with E-state index >= 15 is 0 Å². The summed E-state index contributed by atoms with van der Waals surface area (Å²) in [5, 5.41) is 28.9. The molecular formula is C10H20O5S. The molecule has 16 heavy (non-hydrogen) atoms. The van der Waals surface area contributed by atoms with Crippen molar-refractivity contribution in [2.24, 2.45) is 0 Å². The molecule has 0 rings (SSSR count). The highest BCUT2D eigenvalue weighted by Gasteiger charge is 2.15. The third-order valence-corrected chi connectivity index (χ3v) is 4.26. The van der Waals surface area contributed by atoms with E-state index in [9.17, 15) is 15.0 Å². The van der Waals surface area contributed by atoms with Gasteiger partial charge in [-0.2, -0.15) is 10.9 Å². The van der Waals surface area contributed by atoms with Crippen molar-refractivity contribution in [3.63, 3.8) is 0 Å². The molecule has 0 saturated carbocycles. The van der Waals surface area contributed by atoms with Crippen molar-refractivity contribution in [2.75, 3.05) is 13.2 Å². The second-order valence-corrected chi connectivity index (χ2v) is 6.03. The largest absolute Gasteiger partial charge is 0.460 e. The molecule has 0 heterocycles. The summed E-state index contributed by atoms with van der Waals surface area (Å²) in [6.45, 7) is 4.42. The zero-order valence-corrected chi connectivity index (χ0v) is 10.6. The number of ether oxygens (including phenoxy) is 1. The van der Waals surface area contributed by atoms with Gasteiger partial charge in [-0.1, -0.05) is 0 Å². The molecule has 5 nitrogen and oxygen atoms in total. The van der Waals surface area contributed by atoms with E-state index in [-0.39, 0.29) is 13.2 Å². The van der Waals surface area contributed by atoms with Crippen molar-refractivity contribution in [2.45, 2.75) is 31.6 Å². The molecule has 0 spiro atoms. The summed E-state index contributed by atoms with van der Waals surface area (Å²) >= 11 is 0. The molecule has 0 saturated heterocycles. The van der Waals surface area contributed by atoms with E-state index in [0.29, 0.717) is 5.57 Å². The molecule has 0 aromatic rings. The van der Waals surface area contributed by atoms with Crippen molar-refractivity contribution in [3.8, 4) is 0 Å². The van der Waals surface area contributed by atoms with Crippen LogP contribution in [0.15, 0.2) is 11.0 Å². The molecule has 0 aromatic heterocycles. The summed E-state index contributed by atoms with van der Waals surface area (Å²) in [7, 11) is -1.18. The minimum Gasteiger partial charge on any atom is -0.460 e. The fraction of sp³-hybridized carbons (Fsp3) is 0.700. The number of aliphatic hydroxyl groups is 3. The highest BCUT2D eigenvalue weighted by atomic mass is 32.2. The number of carbonyl (C=O) groups is 1. The maximum absolute atomic E-state index is 11.3. The third-order valence-electron chi connectivity index (χ3n) is 1.85. The second kappa shape index (κ2) is 7.67. The first kappa shape index (κ1) is 15.4. The van der Waals surface area contributed by atoms with Gasteiger partial charge < -0.3 is 20.1 Å². The van der Waals surface area contributed by atoms with Gasteiger partial charge in [0.25, 0.3) is 0 Å².